The van der Waals surface area contributed by atoms with Gasteiger partial charge in [-0.3, -0.25) is 4.79 Å². The lowest BCUT2D eigenvalue weighted by Gasteiger charge is -2.14. The minimum absolute atomic E-state index is 0.0190. The second kappa shape index (κ2) is 6.80. The van der Waals surface area contributed by atoms with Crippen LogP contribution >= 0.6 is 0 Å². The molecule has 1 atom stereocenters. The van der Waals surface area contributed by atoms with Crippen LogP contribution in [0.1, 0.15) is 15.9 Å². The highest BCUT2D eigenvalue weighted by Gasteiger charge is 2.21. The van der Waals surface area contributed by atoms with Gasteiger partial charge in [0.15, 0.2) is 0 Å². The van der Waals surface area contributed by atoms with Gasteiger partial charge in [0.25, 0.3) is 5.91 Å². The van der Waals surface area contributed by atoms with Gasteiger partial charge in [0.05, 0.1) is 0 Å². The van der Waals surface area contributed by atoms with E-state index in [-0.39, 0.29) is 12.0 Å². The van der Waals surface area contributed by atoms with Gasteiger partial charge in [-0.05, 0) is 35.9 Å². The monoisotopic (exact) mass is 305 g/mol. The lowest BCUT2D eigenvalue weighted by atomic mass is 10.1. The van der Waals surface area contributed by atoms with Crippen LogP contribution in [0, 0.1) is 11.6 Å². The Bertz CT molecular complexity index is 703. The van der Waals surface area contributed by atoms with E-state index in [1.165, 1.54) is 36.4 Å². The Morgan fingerprint density at radius 2 is 1.68 bits per heavy atom. The molecule has 0 saturated carbocycles. The molecule has 0 bridgehead atoms. The van der Waals surface area contributed by atoms with Gasteiger partial charge in [0.2, 0.25) is 0 Å². The summed E-state index contributed by atoms with van der Waals surface area (Å²) in [4.78, 5) is 23.2. The van der Waals surface area contributed by atoms with E-state index in [9.17, 15) is 23.5 Å². The first-order chi connectivity index (χ1) is 10.5. The molecule has 0 saturated heterocycles. The Kier molecular flexibility index (Phi) is 4.83. The fraction of sp³-hybridized carbons (Fsp3) is 0.125. The molecule has 2 aromatic rings. The van der Waals surface area contributed by atoms with Gasteiger partial charge >= 0.3 is 5.97 Å². The summed E-state index contributed by atoms with van der Waals surface area (Å²) in [7, 11) is 0. The van der Waals surface area contributed by atoms with Crippen LogP contribution < -0.4 is 5.32 Å². The van der Waals surface area contributed by atoms with Crippen molar-refractivity contribution >= 4 is 11.9 Å². The summed E-state index contributed by atoms with van der Waals surface area (Å²) >= 11 is 0. The molecule has 0 aliphatic carbocycles. The number of halogens is 2. The highest BCUT2D eigenvalue weighted by Crippen LogP contribution is 2.09. The molecular formula is C16H13F2NO3. The molecule has 0 aromatic heterocycles. The number of hydrogen-bond donors (Lipinski definition) is 2. The number of rotatable bonds is 5. The Hall–Kier alpha value is -2.76. The number of nitrogens with one attached hydrogen (secondary N) is 1. The van der Waals surface area contributed by atoms with Gasteiger partial charge in [-0.2, -0.15) is 0 Å². The Balaban J connectivity index is 2.12. The Morgan fingerprint density at radius 1 is 1.05 bits per heavy atom. The maximum atomic E-state index is 13.1. The molecule has 0 spiro atoms. The molecule has 2 N–H and O–H groups in total. The second-order valence-corrected chi connectivity index (χ2v) is 4.71. The van der Waals surface area contributed by atoms with Crippen LogP contribution in [0.25, 0.3) is 0 Å². The zero-order valence-electron chi connectivity index (χ0n) is 11.4. The van der Waals surface area contributed by atoms with E-state index in [0.717, 1.165) is 6.07 Å². The van der Waals surface area contributed by atoms with Crippen molar-refractivity contribution in [3.63, 3.8) is 0 Å². The third-order valence-electron chi connectivity index (χ3n) is 3.02. The SMILES string of the molecule is O=C(N[C@H](Cc1cccc(F)c1)C(=O)O)c1cccc(F)c1. The van der Waals surface area contributed by atoms with Gasteiger partial charge in [-0.1, -0.05) is 18.2 Å². The quantitative estimate of drug-likeness (QED) is 0.891. The van der Waals surface area contributed by atoms with Crippen molar-refractivity contribution in [2.75, 3.05) is 0 Å². The summed E-state index contributed by atoms with van der Waals surface area (Å²) in [5.41, 5.74) is 0.456. The normalized spacial score (nSPS) is 11.7. The number of carbonyl (C=O) groups is 2. The fourth-order valence-corrected chi connectivity index (χ4v) is 1.97. The summed E-state index contributed by atoms with van der Waals surface area (Å²) in [5.74, 6) is -3.04. The van der Waals surface area contributed by atoms with Gasteiger partial charge in [0.1, 0.15) is 17.7 Å². The Labute approximate surface area is 125 Å². The van der Waals surface area contributed by atoms with Crippen molar-refractivity contribution in [2.24, 2.45) is 0 Å². The molecule has 0 heterocycles. The maximum absolute atomic E-state index is 13.1. The van der Waals surface area contributed by atoms with Crippen LogP contribution in [0.5, 0.6) is 0 Å². The molecule has 0 aliphatic rings. The van der Waals surface area contributed by atoms with Crippen LogP contribution in [0.2, 0.25) is 0 Å². The van der Waals surface area contributed by atoms with E-state index in [0.29, 0.717) is 5.56 Å². The van der Waals surface area contributed by atoms with Gasteiger partial charge in [-0.15, -0.1) is 0 Å². The van der Waals surface area contributed by atoms with Crippen LogP contribution in [0.3, 0.4) is 0 Å². The summed E-state index contributed by atoms with van der Waals surface area (Å²) in [5, 5.41) is 11.5. The average molecular weight is 305 g/mol. The van der Waals surface area contributed by atoms with Gasteiger partial charge in [-0.25, -0.2) is 13.6 Å². The molecular weight excluding hydrogens is 292 g/mol. The molecule has 1 amide bonds. The maximum Gasteiger partial charge on any atom is 0.326 e. The number of hydrogen-bond acceptors (Lipinski definition) is 2. The number of amides is 1. The van der Waals surface area contributed by atoms with Gasteiger partial charge in [0, 0.05) is 12.0 Å². The van der Waals surface area contributed by atoms with Crippen molar-refractivity contribution in [2.45, 2.75) is 12.5 Å². The molecule has 2 rings (SSSR count). The number of carbonyl (C=O) groups excluding carboxylic acids is 1. The second-order valence-electron chi connectivity index (χ2n) is 4.71. The largest absolute Gasteiger partial charge is 0.480 e. The van der Waals surface area contributed by atoms with Crippen LogP contribution in [-0.2, 0) is 11.2 Å². The first kappa shape index (κ1) is 15.6. The van der Waals surface area contributed by atoms with E-state index < -0.39 is 29.6 Å². The molecule has 4 nitrogen and oxygen atoms in total. The molecule has 6 heteroatoms. The summed E-state index contributed by atoms with van der Waals surface area (Å²) in [6, 6.07) is 9.14. The van der Waals surface area contributed by atoms with Crippen LogP contribution in [-0.4, -0.2) is 23.0 Å². The summed E-state index contributed by atoms with van der Waals surface area (Å²) in [6.45, 7) is 0. The molecule has 22 heavy (non-hydrogen) atoms. The number of benzene rings is 2. The van der Waals surface area contributed by atoms with Gasteiger partial charge < -0.3 is 10.4 Å². The smallest absolute Gasteiger partial charge is 0.326 e. The minimum Gasteiger partial charge on any atom is -0.480 e. The third kappa shape index (κ3) is 4.12. The van der Waals surface area contributed by atoms with E-state index in [2.05, 4.69) is 5.32 Å². The topological polar surface area (TPSA) is 66.4 Å². The first-order valence-corrected chi connectivity index (χ1v) is 6.49. The third-order valence-corrected chi connectivity index (χ3v) is 3.02. The van der Waals surface area contributed by atoms with E-state index >= 15 is 0 Å². The minimum atomic E-state index is -1.26. The highest BCUT2D eigenvalue weighted by atomic mass is 19.1. The summed E-state index contributed by atoms with van der Waals surface area (Å²) < 4.78 is 26.2. The molecule has 0 aliphatic heterocycles. The first-order valence-electron chi connectivity index (χ1n) is 6.49. The number of aliphatic carboxylic acids is 1. The predicted molar refractivity (Wildman–Crippen MR) is 75.4 cm³/mol. The Morgan fingerprint density at radius 3 is 2.27 bits per heavy atom. The fourth-order valence-electron chi connectivity index (χ4n) is 1.97. The molecule has 0 fully saturated rings. The zero-order chi connectivity index (χ0) is 16.1. The van der Waals surface area contributed by atoms with Crippen molar-refractivity contribution in [3.8, 4) is 0 Å². The van der Waals surface area contributed by atoms with Crippen molar-refractivity contribution in [1.29, 1.82) is 0 Å². The number of carboxylic acids is 1. The number of carboxylic acid groups (broad SMARTS) is 1. The molecule has 0 radical (unpaired) electrons. The molecule has 0 unspecified atom stereocenters. The highest BCUT2D eigenvalue weighted by molar-refractivity contribution is 5.96. The lowest BCUT2D eigenvalue weighted by molar-refractivity contribution is -0.139. The predicted octanol–water partition coefficient (Wildman–Crippen LogP) is 2.39. The summed E-state index contributed by atoms with van der Waals surface area (Å²) in [6.07, 6.45) is -0.0752. The van der Waals surface area contributed by atoms with Crippen LogP contribution in [0.4, 0.5) is 8.78 Å². The van der Waals surface area contributed by atoms with Crippen LogP contribution in [0.15, 0.2) is 48.5 Å². The van der Waals surface area contributed by atoms with E-state index in [1.54, 1.807) is 6.07 Å². The van der Waals surface area contributed by atoms with E-state index in [4.69, 9.17) is 0 Å². The zero-order valence-corrected chi connectivity index (χ0v) is 11.4. The lowest BCUT2D eigenvalue weighted by Crippen LogP contribution is -2.42. The molecule has 114 valence electrons. The van der Waals surface area contributed by atoms with Crippen molar-refractivity contribution in [1.82, 2.24) is 5.32 Å². The van der Waals surface area contributed by atoms with Crippen molar-refractivity contribution < 1.29 is 23.5 Å². The van der Waals surface area contributed by atoms with Crippen molar-refractivity contribution in [3.05, 3.63) is 71.3 Å². The average Bonchev–Trinajstić information content (AvgIpc) is 2.46. The molecule has 2 aromatic carbocycles. The van der Waals surface area contributed by atoms with E-state index in [1.807, 2.05) is 0 Å². The standard InChI is InChI=1S/C16H13F2NO3/c17-12-5-1-3-10(7-12)8-14(16(21)22)19-15(20)11-4-2-6-13(18)9-11/h1-7,9,14H,8H2,(H,19,20)(H,21,22)/t14-/m1/s1.